The standard InChI is InChI=1S/C28H47N3O4/c1-12-20-13-15-21(16-14-20)23(24(32)30-27(6,7)8)31(19(4)5)25(33)22(17-18(2)3)29-26(34)35-28(9,10)11/h13-16,18-19,22-23H,12,17H2,1-11H3,(H,29,34)(H,30,32). The molecule has 198 valence electrons. The van der Waals surface area contributed by atoms with Crippen LogP contribution in [-0.2, 0) is 20.7 Å². The van der Waals surface area contributed by atoms with Crippen LogP contribution < -0.4 is 10.6 Å². The van der Waals surface area contributed by atoms with E-state index in [1.165, 1.54) is 0 Å². The number of benzene rings is 1. The number of amides is 3. The summed E-state index contributed by atoms with van der Waals surface area (Å²) >= 11 is 0. The summed E-state index contributed by atoms with van der Waals surface area (Å²) in [5.41, 5.74) is 0.710. The zero-order valence-corrected chi connectivity index (χ0v) is 23.6. The van der Waals surface area contributed by atoms with Crippen molar-refractivity contribution < 1.29 is 19.1 Å². The second-order valence-corrected chi connectivity index (χ2v) is 11.9. The fourth-order valence-electron chi connectivity index (χ4n) is 3.81. The van der Waals surface area contributed by atoms with E-state index in [4.69, 9.17) is 4.74 Å². The van der Waals surface area contributed by atoms with Crippen molar-refractivity contribution in [1.29, 1.82) is 0 Å². The average molecular weight is 490 g/mol. The SMILES string of the molecule is CCc1ccc(C(C(=O)NC(C)(C)C)N(C(=O)C(CC(C)C)NC(=O)OC(C)(C)C)C(C)C)cc1. The van der Waals surface area contributed by atoms with Crippen LogP contribution in [0.4, 0.5) is 4.79 Å². The van der Waals surface area contributed by atoms with E-state index in [0.717, 1.165) is 17.5 Å². The van der Waals surface area contributed by atoms with Crippen LogP contribution in [0.25, 0.3) is 0 Å². The van der Waals surface area contributed by atoms with Crippen molar-refractivity contribution in [3.63, 3.8) is 0 Å². The minimum Gasteiger partial charge on any atom is -0.444 e. The van der Waals surface area contributed by atoms with Gasteiger partial charge in [0.15, 0.2) is 0 Å². The summed E-state index contributed by atoms with van der Waals surface area (Å²) in [6.07, 6.45) is 0.648. The molecule has 0 aliphatic rings. The second kappa shape index (κ2) is 12.4. The molecule has 7 nitrogen and oxygen atoms in total. The normalized spacial score (nSPS) is 13.9. The third-order valence-electron chi connectivity index (χ3n) is 5.24. The molecule has 0 bridgehead atoms. The van der Waals surface area contributed by atoms with Gasteiger partial charge >= 0.3 is 6.09 Å². The molecule has 0 radical (unpaired) electrons. The number of hydrogen-bond donors (Lipinski definition) is 2. The highest BCUT2D eigenvalue weighted by atomic mass is 16.6. The minimum absolute atomic E-state index is 0.138. The van der Waals surface area contributed by atoms with Gasteiger partial charge in [-0.25, -0.2) is 4.79 Å². The Morgan fingerprint density at radius 3 is 1.89 bits per heavy atom. The first-order valence-electron chi connectivity index (χ1n) is 12.7. The van der Waals surface area contributed by atoms with Gasteiger partial charge in [-0.05, 0) is 85.3 Å². The predicted octanol–water partition coefficient (Wildman–Crippen LogP) is 5.38. The maximum absolute atomic E-state index is 14.0. The highest BCUT2D eigenvalue weighted by molar-refractivity contribution is 5.92. The summed E-state index contributed by atoms with van der Waals surface area (Å²) in [7, 11) is 0. The van der Waals surface area contributed by atoms with E-state index in [1.807, 2.05) is 72.7 Å². The lowest BCUT2D eigenvalue weighted by atomic mass is 9.96. The first-order valence-corrected chi connectivity index (χ1v) is 12.7. The number of ether oxygens (including phenoxy) is 1. The summed E-state index contributed by atoms with van der Waals surface area (Å²) in [6.45, 7) is 20.9. The van der Waals surface area contributed by atoms with Gasteiger partial charge in [-0.3, -0.25) is 9.59 Å². The molecule has 0 saturated heterocycles. The summed E-state index contributed by atoms with van der Waals surface area (Å²) in [5.74, 6) is -0.434. The zero-order chi connectivity index (χ0) is 27.1. The molecule has 0 spiro atoms. The Morgan fingerprint density at radius 1 is 0.943 bits per heavy atom. The fraction of sp³-hybridized carbons (Fsp3) is 0.679. The van der Waals surface area contributed by atoms with E-state index in [0.29, 0.717) is 6.42 Å². The Labute approximate surface area is 212 Å². The number of hydrogen-bond acceptors (Lipinski definition) is 4. The minimum atomic E-state index is -0.845. The molecular weight excluding hydrogens is 442 g/mol. The monoisotopic (exact) mass is 489 g/mol. The lowest BCUT2D eigenvalue weighted by Gasteiger charge is -2.38. The largest absolute Gasteiger partial charge is 0.444 e. The molecule has 0 fully saturated rings. The average Bonchev–Trinajstić information content (AvgIpc) is 2.67. The van der Waals surface area contributed by atoms with Crippen LogP contribution in [0.15, 0.2) is 24.3 Å². The highest BCUT2D eigenvalue weighted by Gasteiger charge is 2.38. The molecule has 1 aromatic rings. The summed E-state index contributed by atoms with van der Waals surface area (Å²) in [6, 6.07) is 5.83. The molecule has 0 aliphatic carbocycles. The van der Waals surface area contributed by atoms with E-state index in [-0.39, 0.29) is 23.8 Å². The Bertz CT molecular complexity index is 848. The first-order chi connectivity index (χ1) is 15.9. The van der Waals surface area contributed by atoms with Crippen molar-refractivity contribution in [3.05, 3.63) is 35.4 Å². The van der Waals surface area contributed by atoms with Crippen LogP contribution in [0.3, 0.4) is 0 Å². The second-order valence-electron chi connectivity index (χ2n) is 11.9. The van der Waals surface area contributed by atoms with Crippen molar-refractivity contribution in [1.82, 2.24) is 15.5 Å². The summed E-state index contributed by atoms with van der Waals surface area (Å²) in [5, 5.41) is 5.81. The number of carbonyl (C=O) groups excluding carboxylic acids is 3. The maximum Gasteiger partial charge on any atom is 0.408 e. The van der Waals surface area contributed by atoms with Crippen LogP contribution in [0.1, 0.15) is 99.8 Å². The number of nitrogens with one attached hydrogen (secondary N) is 2. The quantitative estimate of drug-likeness (QED) is 0.487. The van der Waals surface area contributed by atoms with Gasteiger partial charge in [-0.15, -0.1) is 0 Å². The van der Waals surface area contributed by atoms with Crippen LogP contribution in [0, 0.1) is 5.92 Å². The van der Waals surface area contributed by atoms with Crippen molar-refractivity contribution in [2.24, 2.45) is 5.92 Å². The lowest BCUT2D eigenvalue weighted by Crippen LogP contribution is -2.56. The number of aryl methyl sites for hydroxylation is 1. The van der Waals surface area contributed by atoms with Crippen LogP contribution in [0.5, 0.6) is 0 Å². The number of nitrogens with zero attached hydrogens (tertiary/aromatic N) is 1. The van der Waals surface area contributed by atoms with Crippen LogP contribution in [-0.4, -0.2) is 46.0 Å². The molecule has 2 atom stereocenters. The molecule has 0 saturated carbocycles. The number of alkyl carbamates (subject to hydrolysis) is 1. The zero-order valence-electron chi connectivity index (χ0n) is 23.6. The molecule has 0 aromatic heterocycles. The van der Waals surface area contributed by atoms with Gasteiger partial charge in [0.1, 0.15) is 17.7 Å². The van der Waals surface area contributed by atoms with Gasteiger partial charge in [0.2, 0.25) is 11.8 Å². The lowest BCUT2D eigenvalue weighted by molar-refractivity contribution is -0.145. The third kappa shape index (κ3) is 10.3. The van der Waals surface area contributed by atoms with Crippen molar-refractivity contribution in [3.8, 4) is 0 Å². The molecule has 7 heteroatoms. The van der Waals surface area contributed by atoms with Crippen molar-refractivity contribution in [2.45, 2.75) is 118 Å². The molecule has 35 heavy (non-hydrogen) atoms. The van der Waals surface area contributed by atoms with Crippen LogP contribution in [0.2, 0.25) is 0 Å². The molecule has 1 aromatic carbocycles. The van der Waals surface area contributed by atoms with Gasteiger partial charge in [0.25, 0.3) is 0 Å². The molecule has 1 rings (SSSR count). The van der Waals surface area contributed by atoms with E-state index in [1.54, 1.807) is 25.7 Å². The van der Waals surface area contributed by atoms with Gasteiger partial charge in [0, 0.05) is 11.6 Å². The first kappa shape index (κ1) is 30.5. The molecule has 0 aliphatic heterocycles. The Morgan fingerprint density at radius 2 is 1.49 bits per heavy atom. The smallest absolute Gasteiger partial charge is 0.408 e. The van der Waals surface area contributed by atoms with E-state index < -0.39 is 29.3 Å². The summed E-state index contributed by atoms with van der Waals surface area (Å²) < 4.78 is 5.42. The van der Waals surface area contributed by atoms with Gasteiger partial charge in [-0.1, -0.05) is 45.0 Å². The topological polar surface area (TPSA) is 87.7 Å². The Hall–Kier alpha value is -2.57. The maximum atomic E-state index is 14.0. The Balaban J connectivity index is 3.49. The summed E-state index contributed by atoms with van der Waals surface area (Å²) in [4.78, 5) is 41.8. The van der Waals surface area contributed by atoms with Gasteiger partial charge in [0.05, 0.1) is 0 Å². The van der Waals surface area contributed by atoms with E-state index in [9.17, 15) is 14.4 Å². The number of carbonyl (C=O) groups is 3. The van der Waals surface area contributed by atoms with Crippen LogP contribution >= 0.6 is 0 Å². The molecule has 3 amide bonds. The Kier molecular flexibility index (Phi) is 10.8. The molecule has 2 N–H and O–H groups in total. The van der Waals surface area contributed by atoms with Gasteiger partial charge in [-0.2, -0.15) is 0 Å². The van der Waals surface area contributed by atoms with Crippen molar-refractivity contribution in [2.75, 3.05) is 0 Å². The van der Waals surface area contributed by atoms with E-state index >= 15 is 0 Å². The molecular formula is C28H47N3O4. The molecule has 0 heterocycles. The predicted molar refractivity (Wildman–Crippen MR) is 141 cm³/mol. The fourth-order valence-corrected chi connectivity index (χ4v) is 3.81. The number of rotatable bonds is 9. The highest BCUT2D eigenvalue weighted by Crippen LogP contribution is 2.27. The van der Waals surface area contributed by atoms with Crippen molar-refractivity contribution >= 4 is 17.9 Å². The molecule has 2 unspecified atom stereocenters. The van der Waals surface area contributed by atoms with E-state index in [2.05, 4.69) is 17.6 Å². The third-order valence-corrected chi connectivity index (χ3v) is 5.24. The van der Waals surface area contributed by atoms with Gasteiger partial charge < -0.3 is 20.3 Å².